The molecule has 0 radical (unpaired) electrons. The first-order valence-electron chi connectivity index (χ1n) is 8.95. The lowest BCUT2D eigenvalue weighted by atomic mass is 10.1. The van der Waals surface area contributed by atoms with Crippen molar-refractivity contribution >= 4 is 15.9 Å². The molecule has 3 aromatic rings. The van der Waals surface area contributed by atoms with Gasteiger partial charge < -0.3 is 5.32 Å². The van der Waals surface area contributed by atoms with E-state index in [-0.39, 0.29) is 23.4 Å². The van der Waals surface area contributed by atoms with E-state index < -0.39 is 10.0 Å². The predicted octanol–water partition coefficient (Wildman–Crippen LogP) is 3.66. The molecule has 0 unspecified atom stereocenters. The number of sulfonamides is 1. The molecule has 0 aliphatic rings. The smallest absolute Gasteiger partial charge is 0.251 e. The van der Waals surface area contributed by atoms with Gasteiger partial charge in [0.25, 0.3) is 5.91 Å². The van der Waals surface area contributed by atoms with Crippen molar-refractivity contribution in [2.75, 3.05) is 0 Å². The van der Waals surface area contributed by atoms with Crippen LogP contribution in [0.5, 0.6) is 0 Å². The van der Waals surface area contributed by atoms with E-state index in [9.17, 15) is 13.2 Å². The number of nitrogens with one attached hydrogen (secondary N) is 2. The normalized spacial score (nSPS) is 12.3. The Morgan fingerprint density at radius 2 is 1.54 bits per heavy atom. The number of carbonyl (C=O) groups excluding carboxylic acids is 1. The number of benzene rings is 3. The van der Waals surface area contributed by atoms with Gasteiger partial charge in [-0.3, -0.25) is 4.79 Å². The zero-order chi connectivity index (χ0) is 20.0. The zero-order valence-electron chi connectivity index (χ0n) is 15.5. The minimum absolute atomic E-state index is 0.0587. The van der Waals surface area contributed by atoms with E-state index in [1.807, 2.05) is 67.6 Å². The highest BCUT2D eigenvalue weighted by atomic mass is 32.2. The van der Waals surface area contributed by atoms with E-state index in [1.54, 1.807) is 12.1 Å². The van der Waals surface area contributed by atoms with Crippen molar-refractivity contribution in [3.63, 3.8) is 0 Å². The molecule has 0 heterocycles. The Bertz CT molecular complexity index is 1040. The number of carbonyl (C=O) groups is 1. The summed E-state index contributed by atoms with van der Waals surface area (Å²) in [6, 6.07) is 24.7. The van der Waals surface area contributed by atoms with Crippen LogP contribution in [0, 0.1) is 0 Å². The van der Waals surface area contributed by atoms with Crippen molar-refractivity contribution in [2.45, 2.75) is 24.4 Å². The lowest BCUT2D eigenvalue weighted by Crippen LogP contribution is -2.27. The number of hydrogen-bond donors (Lipinski definition) is 2. The van der Waals surface area contributed by atoms with E-state index in [0.29, 0.717) is 5.56 Å². The van der Waals surface area contributed by atoms with Gasteiger partial charge in [-0.25, -0.2) is 13.1 Å². The number of hydrogen-bond acceptors (Lipinski definition) is 3. The van der Waals surface area contributed by atoms with Gasteiger partial charge in [-0.1, -0.05) is 66.7 Å². The maximum absolute atomic E-state index is 12.6. The molecule has 3 rings (SSSR count). The van der Waals surface area contributed by atoms with Gasteiger partial charge in [0, 0.05) is 12.1 Å². The quantitative estimate of drug-likeness (QED) is 0.642. The molecule has 0 aliphatic carbocycles. The van der Waals surface area contributed by atoms with Crippen LogP contribution in [0.2, 0.25) is 0 Å². The highest BCUT2D eigenvalue weighted by Gasteiger charge is 2.17. The monoisotopic (exact) mass is 394 g/mol. The molecule has 3 aromatic carbocycles. The van der Waals surface area contributed by atoms with Crippen molar-refractivity contribution in [3.8, 4) is 0 Å². The van der Waals surface area contributed by atoms with Crippen LogP contribution >= 0.6 is 0 Å². The SMILES string of the molecule is C[C@@H](NC(=O)c1cccc(S(=O)(=O)NCc2ccccc2)c1)c1ccccc1. The average molecular weight is 394 g/mol. The molecule has 144 valence electrons. The molecule has 0 aliphatic heterocycles. The summed E-state index contributed by atoms with van der Waals surface area (Å²) in [5, 5.41) is 2.89. The topological polar surface area (TPSA) is 75.3 Å². The van der Waals surface area contributed by atoms with Crippen LogP contribution in [0.3, 0.4) is 0 Å². The lowest BCUT2D eigenvalue weighted by molar-refractivity contribution is 0.0939. The fourth-order valence-electron chi connectivity index (χ4n) is 2.77. The van der Waals surface area contributed by atoms with Crippen molar-refractivity contribution in [2.24, 2.45) is 0 Å². The molecule has 0 bridgehead atoms. The van der Waals surface area contributed by atoms with Gasteiger partial charge in [-0.15, -0.1) is 0 Å². The maximum Gasteiger partial charge on any atom is 0.251 e. The van der Waals surface area contributed by atoms with Gasteiger partial charge in [-0.05, 0) is 36.2 Å². The Kier molecular flexibility index (Phi) is 6.23. The van der Waals surface area contributed by atoms with Crippen LogP contribution in [-0.2, 0) is 16.6 Å². The van der Waals surface area contributed by atoms with Crippen LogP contribution in [0.4, 0.5) is 0 Å². The van der Waals surface area contributed by atoms with Gasteiger partial charge in [0.1, 0.15) is 0 Å². The second-order valence-corrected chi connectivity index (χ2v) is 8.21. The predicted molar refractivity (Wildman–Crippen MR) is 109 cm³/mol. The third kappa shape index (κ3) is 5.06. The third-order valence-electron chi connectivity index (χ3n) is 4.36. The van der Waals surface area contributed by atoms with E-state index in [2.05, 4.69) is 10.0 Å². The first-order valence-corrected chi connectivity index (χ1v) is 10.4. The summed E-state index contributed by atoms with van der Waals surface area (Å²) in [5.74, 6) is -0.323. The number of amides is 1. The molecule has 1 atom stereocenters. The molecule has 0 saturated heterocycles. The Labute approximate surface area is 165 Å². The van der Waals surface area contributed by atoms with Gasteiger partial charge in [-0.2, -0.15) is 0 Å². The molecule has 6 heteroatoms. The van der Waals surface area contributed by atoms with Crippen molar-refractivity contribution in [1.82, 2.24) is 10.0 Å². The van der Waals surface area contributed by atoms with Crippen molar-refractivity contribution in [1.29, 1.82) is 0 Å². The third-order valence-corrected chi connectivity index (χ3v) is 5.76. The Morgan fingerprint density at radius 1 is 0.893 bits per heavy atom. The highest BCUT2D eigenvalue weighted by molar-refractivity contribution is 7.89. The fourth-order valence-corrected chi connectivity index (χ4v) is 3.83. The van der Waals surface area contributed by atoms with E-state index in [1.165, 1.54) is 12.1 Å². The summed E-state index contributed by atoms with van der Waals surface area (Å²) in [5.41, 5.74) is 2.13. The van der Waals surface area contributed by atoms with E-state index >= 15 is 0 Å². The van der Waals surface area contributed by atoms with Crippen LogP contribution in [-0.4, -0.2) is 14.3 Å². The molecule has 2 N–H and O–H groups in total. The summed E-state index contributed by atoms with van der Waals surface area (Å²) >= 11 is 0. The average Bonchev–Trinajstić information content (AvgIpc) is 2.74. The molecule has 0 aromatic heterocycles. The van der Waals surface area contributed by atoms with Crippen LogP contribution in [0.1, 0.15) is 34.5 Å². The Balaban J connectivity index is 1.71. The second-order valence-electron chi connectivity index (χ2n) is 6.44. The lowest BCUT2D eigenvalue weighted by Gasteiger charge is -2.15. The van der Waals surface area contributed by atoms with Gasteiger partial charge >= 0.3 is 0 Å². The van der Waals surface area contributed by atoms with Crippen LogP contribution in [0.25, 0.3) is 0 Å². The Morgan fingerprint density at radius 3 is 2.21 bits per heavy atom. The summed E-state index contributed by atoms with van der Waals surface area (Å²) in [7, 11) is -3.73. The number of rotatable bonds is 7. The molecule has 0 fully saturated rings. The van der Waals surface area contributed by atoms with Gasteiger partial charge in [0.15, 0.2) is 0 Å². The summed E-state index contributed by atoms with van der Waals surface area (Å²) in [6.45, 7) is 2.07. The van der Waals surface area contributed by atoms with Crippen molar-refractivity contribution < 1.29 is 13.2 Å². The van der Waals surface area contributed by atoms with Gasteiger partial charge in [0.05, 0.1) is 10.9 Å². The molecule has 1 amide bonds. The molecular formula is C22H22N2O3S. The molecule has 0 saturated carbocycles. The Hall–Kier alpha value is -2.96. The first-order chi connectivity index (χ1) is 13.5. The first kappa shape index (κ1) is 19.8. The summed E-state index contributed by atoms with van der Waals surface area (Å²) < 4.78 is 27.7. The van der Waals surface area contributed by atoms with Gasteiger partial charge in [0.2, 0.25) is 10.0 Å². The standard InChI is InChI=1S/C22H22N2O3S/c1-17(19-11-6-3-7-12-19)24-22(25)20-13-8-14-21(15-20)28(26,27)23-16-18-9-4-2-5-10-18/h2-15,17,23H,16H2,1H3,(H,24,25)/t17-/m1/s1. The zero-order valence-corrected chi connectivity index (χ0v) is 16.3. The van der Waals surface area contributed by atoms with E-state index in [0.717, 1.165) is 11.1 Å². The van der Waals surface area contributed by atoms with E-state index in [4.69, 9.17) is 0 Å². The fraction of sp³-hybridized carbons (Fsp3) is 0.136. The molecular weight excluding hydrogens is 372 g/mol. The minimum atomic E-state index is -3.73. The summed E-state index contributed by atoms with van der Waals surface area (Å²) in [6.07, 6.45) is 0. The highest BCUT2D eigenvalue weighted by Crippen LogP contribution is 2.15. The minimum Gasteiger partial charge on any atom is -0.346 e. The molecule has 0 spiro atoms. The molecule has 5 nitrogen and oxygen atoms in total. The summed E-state index contributed by atoms with van der Waals surface area (Å²) in [4.78, 5) is 12.6. The second kappa shape index (κ2) is 8.82. The van der Waals surface area contributed by atoms with Crippen LogP contribution in [0.15, 0.2) is 89.8 Å². The van der Waals surface area contributed by atoms with Crippen molar-refractivity contribution in [3.05, 3.63) is 102 Å². The largest absolute Gasteiger partial charge is 0.346 e. The van der Waals surface area contributed by atoms with Crippen LogP contribution < -0.4 is 10.0 Å². The maximum atomic E-state index is 12.6. The molecule has 28 heavy (non-hydrogen) atoms.